The Hall–Kier alpha value is -3.26. The Morgan fingerprint density at radius 2 is 1.52 bits per heavy atom. The van der Waals surface area contributed by atoms with E-state index in [1.54, 1.807) is 0 Å². The number of hydrogen-bond donors (Lipinski definition) is 5. The van der Waals surface area contributed by atoms with Gasteiger partial charge in [-0.15, -0.1) is 0 Å². The number of carbonyl (C=O) groups is 1. The molecule has 0 aliphatic heterocycles. The summed E-state index contributed by atoms with van der Waals surface area (Å²) in [6.45, 7) is 1.54. The third-order valence-corrected chi connectivity index (χ3v) is 5.67. The van der Waals surface area contributed by atoms with E-state index in [0.29, 0.717) is 5.71 Å². The second kappa shape index (κ2) is 9.26. The van der Waals surface area contributed by atoms with E-state index in [1.807, 2.05) is 0 Å². The van der Waals surface area contributed by atoms with Crippen LogP contribution in [0.5, 0.6) is 0 Å². The molecule has 1 amide bonds. The SMILES string of the molecule is C/C(CC(N)=O)=N/Nc1ccc(/C=C/c2ccc(N)cc2S(=O)(=O)O)c(S(=O)(=O)O)c1. The molecule has 0 bridgehead atoms. The van der Waals surface area contributed by atoms with Crippen molar-refractivity contribution in [2.24, 2.45) is 10.8 Å². The summed E-state index contributed by atoms with van der Waals surface area (Å²) in [6, 6.07) is 7.67. The van der Waals surface area contributed by atoms with Crippen LogP contribution >= 0.6 is 0 Å². The quantitative estimate of drug-likeness (QED) is 0.125. The van der Waals surface area contributed by atoms with Gasteiger partial charge in [-0.05, 0) is 42.3 Å². The van der Waals surface area contributed by atoms with Crippen LogP contribution in [0.25, 0.3) is 12.2 Å². The first-order chi connectivity index (χ1) is 14.3. The summed E-state index contributed by atoms with van der Waals surface area (Å²) in [6.07, 6.45) is 2.39. The van der Waals surface area contributed by atoms with Gasteiger partial charge in [0.1, 0.15) is 9.79 Å². The van der Waals surface area contributed by atoms with Gasteiger partial charge in [0.2, 0.25) is 5.91 Å². The van der Waals surface area contributed by atoms with E-state index in [9.17, 15) is 30.7 Å². The van der Waals surface area contributed by atoms with Gasteiger partial charge in [0.25, 0.3) is 20.2 Å². The van der Waals surface area contributed by atoms with Gasteiger partial charge in [-0.3, -0.25) is 19.3 Å². The monoisotopic (exact) mass is 468 g/mol. The molecular formula is C18H20N4O7S2. The molecule has 7 N–H and O–H groups in total. The van der Waals surface area contributed by atoms with Gasteiger partial charge in [0.15, 0.2) is 0 Å². The number of hydrogen-bond acceptors (Lipinski definition) is 8. The Labute approximate surface area is 179 Å². The first-order valence-electron chi connectivity index (χ1n) is 8.51. The van der Waals surface area contributed by atoms with Crippen LogP contribution in [-0.2, 0) is 25.0 Å². The molecule has 13 heteroatoms. The van der Waals surface area contributed by atoms with Crippen molar-refractivity contribution in [2.75, 3.05) is 11.2 Å². The van der Waals surface area contributed by atoms with Gasteiger partial charge in [0, 0.05) is 11.4 Å². The molecule has 0 saturated carbocycles. The second-order valence-corrected chi connectivity index (χ2v) is 9.22. The Morgan fingerprint density at radius 1 is 1.00 bits per heavy atom. The highest BCUT2D eigenvalue weighted by Gasteiger charge is 2.17. The molecule has 0 heterocycles. The maximum atomic E-state index is 11.8. The summed E-state index contributed by atoms with van der Waals surface area (Å²) in [5.74, 6) is -0.589. The minimum absolute atomic E-state index is 0.0315. The smallest absolute Gasteiger partial charge is 0.295 e. The van der Waals surface area contributed by atoms with Gasteiger partial charge in [-0.25, -0.2) is 0 Å². The number of nitrogens with zero attached hydrogens (tertiary/aromatic N) is 1. The lowest BCUT2D eigenvalue weighted by molar-refractivity contribution is -0.116. The Bertz CT molecular complexity index is 1280. The molecular weight excluding hydrogens is 448 g/mol. The van der Waals surface area contributed by atoms with Crippen LogP contribution < -0.4 is 16.9 Å². The highest BCUT2D eigenvalue weighted by Crippen LogP contribution is 2.25. The van der Waals surface area contributed by atoms with E-state index >= 15 is 0 Å². The van der Waals surface area contributed by atoms with Crippen molar-refractivity contribution in [2.45, 2.75) is 23.1 Å². The average molecular weight is 469 g/mol. The fraction of sp³-hybridized carbons (Fsp3) is 0.111. The molecule has 0 aromatic heterocycles. The number of hydrazone groups is 1. The molecule has 0 aliphatic carbocycles. The number of rotatable bonds is 8. The average Bonchev–Trinajstić information content (AvgIpc) is 2.63. The van der Waals surface area contributed by atoms with E-state index in [0.717, 1.165) is 12.1 Å². The molecule has 31 heavy (non-hydrogen) atoms. The third kappa shape index (κ3) is 6.89. The predicted octanol–water partition coefficient (Wildman–Crippen LogP) is 1.60. The van der Waals surface area contributed by atoms with Crippen LogP contribution in [-0.4, -0.2) is 37.6 Å². The van der Waals surface area contributed by atoms with Crippen LogP contribution in [0.4, 0.5) is 11.4 Å². The number of amides is 1. The van der Waals surface area contributed by atoms with Crippen molar-refractivity contribution in [1.82, 2.24) is 0 Å². The molecule has 0 saturated heterocycles. The number of benzene rings is 2. The molecule has 2 aromatic rings. The number of nitrogen functional groups attached to an aromatic ring is 1. The zero-order valence-corrected chi connectivity index (χ0v) is 17.8. The minimum atomic E-state index is -4.66. The van der Waals surface area contributed by atoms with Crippen LogP contribution in [0.15, 0.2) is 51.3 Å². The first-order valence-corrected chi connectivity index (χ1v) is 11.4. The topological polar surface area (TPSA) is 202 Å². The largest absolute Gasteiger partial charge is 0.399 e. The Kier molecular flexibility index (Phi) is 7.17. The molecule has 0 atom stereocenters. The van der Waals surface area contributed by atoms with Gasteiger partial charge in [-0.2, -0.15) is 21.9 Å². The molecule has 2 rings (SSSR count). The standard InChI is InChI=1S/C18H20N4O7S2/c1-11(8-18(20)23)21-22-15-7-5-13(17(10-15)31(27,28)29)3-2-12-4-6-14(19)9-16(12)30(24,25)26/h2-7,9-10,22H,8,19H2,1H3,(H2,20,23)(H,24,25,26)(H,27,28,29)/b3-2+,21-11-. The van der Waals surface area contributed by atoms with E-state index < -0.39 is 35.9 Å². The molecule has 166 valence electrons. The van der Waals surface area contributed by atoms with E-state index in [-0.39, 0.29) is 28.9 Å². The lowest BCUT2D eigenvalue weighted by atomic mass is 10.1. The second-order valence-electron chi connectivity index (χ2n) is 6.44. The van der Waals surface area contributed by atoms with Gasteiger partial charge in [0.05, 0.1) is 12.1 Å². The van der Waals surface area contributed by atoms with E-state index in [2.05, 4.69) is 10.5 Å². The number of primary amides is 1. The van der Waals surface area contributed by atoms with Crippen LogP contribution in [0.3, 0.4) is 0 Å². The van der Waals surface area contributed by atoms with Crippen LogP contribution in [0, 0.1) is 0 Å². The van der Waals surface area contributed by atoms with Crippen molar-refractivity contribution in [3.8, 4) is 0 Å². The molecule has 0 fully saturated rings. The predicted molar refractivity (Wildman–Crippen MR) is 116 cm³/mol. The number of anilines is 2. The van der Waals surface area contributed by atoms with E-state index in [4.69, 9.17) is 11.5 Å². The summed E-state index contributed by atoms with van der Waals surface area (Å²) < 4.78 is 65.7. The first kappa shape index (κ1) is 24.0. The zero-order valence-electron chi connectivity index (χ0n) is 16.2. The zero-order chi connectivity index (χ0) is 23.4. The molecule has 0 radical (unpaired) electrons. The maximum Gasteiger partial charge on any atom is 0.295 e. The highest BCUT2D eigenvalue weighted by atomic mass is 32.2. The normalized spacial score (nSPS) is 12.8. The van der Waals surface area contributed by atoms with Crippen molar-refractivity contribution < 1.29 is 30.7 Å². The third-order valence-electron chi connectivity index (χ3n) is 3.86. The summed E-state index contributed by atoms with van der Waals surface area (Å²) in [7, 11) is -9.25. The van der Waals surface area contributed by atoms with E-state index in [1.165, 1.54) is 43.3 Å². The molecule has 0 unspecified atom stereocenters. The molecule has 2 aromatic carbocycles. The Morgan fingerprint density at radius 3 is 2.03 bits per heavy atom. The van der Waals surface area contributed by atoms with Crippen LogP contribution in [0.1, 0.15) is 24.5 Å². The van der Waals surface area contributed by atoms with Crippen molar-refractivity contribution in [3.05, 3.63) is 47.5 Å². The van der Waals surface area contributed by atoms with Crippen molar-refractivity contribution >= 4 is 55.4 Å². The lowest BCUT2D eigenvalue weighted by Gasteiger charge is -2.08. The van der Waals surface area contributed by atoms with Gasteiger partial charge in [-0.1, -0.05) is 24.3 Å². The summed E-state index contributed by atoms with van der Waals surface area (Å²) in [5.41, 5.74) is 13.9. The lowest BCUT2D eigenvalue weighted by Crippen LogP contribution is -2.15. The van der Waals surface area contributed by atoms with Crippen LogP contribution in [0.2, 0.25) is 0 Å². The molecule has 0 spiro atoms. The summed E-state index contributed by atoms with van der Waals surface area (Å²) in [4.78, 5) is 9.93. The minimum Gasteiger partial charge on any atom is -0.399 e. The number of carbonyl (C=O) groups excluding carboxylic acids is 1. The van der Waals surface area contributed by atoms with Crippen molar-refractivity contribution in [1.29, 1.82) is 0 Å². The number of nitrogens with one attached hydrogen (secondary N) is 1. The number of nitrogens with two attached hydrogens (primary N) is 2. The summed E-state index contributed by atoms with van der Waals surface area (Å²) >= 11 is 0. The molecule has 0 aliphatic rings. The van der Waals surface area contributed by atoms with Gasteiger partial charge >= 0.3 is 0 Å². The fourth-order valence-electron chi connectivity index (χ4n) is 2.51. The van der Waals surface area contributed by atoms with Crippen molar-refractivity contribution in [3.63, 3.8) is 0 Å². The Balaban J connectivity index is 2.46. The maximum absolute atomic E-state index is 11.8. The molecule has 11 nitrogen and oxygen atoms in total. The fourth-order valence-corrected chi connectivity index (χ4v) is 3.94. The summed E-state index contributed by atoms with van der Waals surface area (Å²) in [5, 5.41) is 3.89. The highest BCUT2D eigenvalue weighted by molar-refractivity contribution is 7.86. The van der Waals surface area contributed by atoms with Gasteiger partial charge < -0.3 is 11.5 Å².